The third-order valence-corrected chi connectivity index (χ3v) is 4.90. The van der Waals surface area contributed by atoms with Crippen LogP contribution in [0.25, 0.3) is 0 Å². The molecule has 3 nitrogen and oxygen atoms in total. The Labute approximate surface area is 119 Å². The van der Waals surface area contributed by atoms with Crippen molar-refractivity contribution in [2.75, 3.05) is 13.2 Å². The van der Waals surface area contributed by atoms with Crippen LogP contribution in [-0.4, -0.2) is 30.4 Å². The molecule has 4 atom stereocenters. The van der Waals surface area contributed by atoms with Crippen LogP contribution in [0.2, 0.25) is 0 Å². The van der Waals surface area contributed by atoms with Gasteiger partial charge in [0.25, 0.3) is 0 Å². The highest BCUT2D eigenvalue weighted by Crippen LogP contribution is 2.52. The molecule has 1 aliphatic heterocycles. The lowest BCUT2D eigenvalue weighted by atomic mass is 9.57. The van der Waals surface area contributed by atoms with Crippen LogP contribution in [0, 0.1) is 17.2 Å². The van der Waals surface area contributed by atoms with Gasteiger partial charge >= 0.3 is 0 Å². The van der Waals surface area contributed by atoms with Crippen LogP contribution >= 0.6 is 0 Å². The molecule has 2 fully saturated rings. The number of aliphatic hydroxyl groups excluding tert-OH is 1. The molecule has 3 rings (SSSR count). The normalized spacial score (nSPS) is 32.5. The average Bonchev–Trinajstić information content (AvgIpc) is 2.85. The second-order valence-electron chi connectivity index (χ2n) is 6.49. The van der Waals surface area contributed by atoms with Gasteiger partial charge in [-0.2, -0.15) is 0 Å². The maximum absolute atomic E-state index is 13.6. The van der Waals surface area contributed by atoms with Crippen LogP contribution < -0.4 is 5.32 Å². The summed E-state index contributed by atoms with van der Waals surface area (Å²) < 4.78 is 19.4. The van der Waals surface area contributed by atoms with Gasteiger partial charge in [0.15, 0.2) is 0 Å². The predicted molar refractivity (Wildman–Crippen MR) is 74.8 cm³/mol. The number of hydrogen-bond acceptors (Lipinski definition) is 3. The molecule has 0 spiro atoms. The fourth-order valence-electron chi connectivity index (χ4n) is 3.83. The largest absolute Gasteiger partial charge is 0.387 e. The van der Waals surface area contributed by atoms with Gasteiger partial charge in [-0.05, 0) is 12.5 Å². The molecule has 4 unspecified atom stereocenters. The lowest BCUT2D eigenvalue weighted by Gasteiger charge is -2.55. The van der Waals surface area contributed by atoms with Crippen molar-refractivity contribution in [1.29, 1.82) is 0 Å². The number of ether oxygens (including phenoxy) is 1. The summed E-state index contributed by atoms with van der Waals surface area (Å²) in [7, 11) is 0. The van der Waals surface area contributed by atoms with Crippen LogP contribution in [0.3, 0.4) is 0 Å². The first-order chi connectivity index (χ1) is 9.51. The van der Waals surface area contributed by atoms with Crippen molar-refractivity contribution in [3.05, 3.63) is 35.6 Å². The zero-order valence-electron chi connectivity index (χ0n) is 12.0. The number of halogens is 1. The zero-order chi connectivity index (χ0) is 14.3. The Morgan fingerprint density at radius 3 is 2.95 bits per heavy atom. The molecule has 1 saturated carbocycles. The Kier molecular flexibility index (Phi) is 3.56. The second-order valence-corrected chi connectivity index (χ2v) is 6.49. The first-order valence-corrected chi connectivity index (χ1v) is 7.29. The van der Waals surface area contributed by atoms with Crippen molar-refractivity contribution in [2.24, 2.45) is 11.3 Å². The van der Waals surface area contributed by atoms with Gasteiger partial charge < -0.3 is 15.2 Å². The van der Waals surface area contributed by atoms with Crippen LogP contribution in [0.4, 0.5) is 4.39 Å². The minimum absolute atomic E-state index is 0.0795. The third-order valence-electron chi connectivity index (χ3n) is 4.90. The molecule has 1 heterocycles. The van der Waals surface area contributed by atoms with Crippen molar-refractivity contribution >= 4 is 0 Å². The summed E-state index contributed by atoms with van der Waals surface area (Å²) >= 11 is 0. The maximum Gasteiger partial charge on any atom is 0.129 e. The second kappa shape index (κ2) is 5.10. The SMILES string of the molecule is CC1(C)C(NCC(O)c2ccccc2F)C2CCOC21. The Morgan fingerprint density at radius 1 is 1.45 bits per heavy atom. The van der Waals surface area contributed by atoms with Gasteiger partial charge in [0.05, 0.1) is 12.2 Å². The highest BCUT2D eigenvalue weighted by molar-refractivity contribution is 5.20. The van der Waals surface area contributed by atoms with E-state index in [0.29, 0.717) is 30.2 Å². The Morgan fingerprint density at radius 2 is 2.20 bits per heavy atom. The lowest BCUT2D eigenvalue weighted by Crippen LogP contribution is -2.66. The molecule has 0 amide bonds. The van der Waals surface area contributed by atoms with Gasteiger partial charge in [-0.3, -0.25) is 0 Å². The molecule has 20 heavy (non-hydrogen) atoms. The van der Waals surface area contributed by atoms with Crippen LogP contribution in [-0.2, 0) is 4.74 Å². The molecule has 4 heteroatoms. The predicted octanol–water partition coefficient (Wildman–Crippen LogP) is 2.26. The summed E-state index contributed by atoms with van der Waals surface area (Å²) in [5, 5.41) is 13.6. The van der Waals surface area contributed by atoms with E-state index < -0.39 is 6.10 Å². The van der Waals surface area contributed by atoms with Gasteiger partial charge in [0.1, 0.15) is 5.82 Å². The fourth-order valence-corrected chi connectivity index (χ4v) is 3.83. The average molecular weight is 279 g/mol. The van der Waals surface area contributed by atoms with E-state index in [4.69, 9.17) is 4.74 Å². The van der Waals surface area contributed by atoms with Crippen molar-refractivity contribution in [2.45, 2.75) is 38.5 Å². The molecule has 110 valence electrons. The molecule has 1 aromatic carbocycles. The van der Waals surface area contributed by atoms with Crippen molar-refractivity contribution in [1.82, 2.24) is 5.32 Å². The highest BCUT2D eigenvalue weighted by Gasteiger charge is 2.58. The molecule has 0 aromatic heterocycles. The monoisotopic (exact) mass is 279 g/mol. The summed E-state index contributed by atoms with van der Waals surface area (Å²) in [6.07, 6.45) is 0.584. The van der Waals surface area contributed by atoms with E-state index in [9.17, 15) is 9.50 Å². The van der Waals surface area contributed by atoms with E-state index in [1.807, 2.05) is 0 Å². The molecule has 1 aliphatic carbocycles. The molecule has 1 saturated heterocycles. The fraction of sp³-hybridized carbons (Fsp3) is 0.625. The number of hydrogen-bond donors (Lipinski definition) is 2. The van der Waals surface area contributed by atoms with Gasteiger partial charge in [0.2, 0.25) is 0 Å². The van der Waals surface area contributed by atoms with E-state index in [0.717, 1.165) is 13.0 Å². The van der Waals surface area contributed by atoms with Crippen molar-refractivity contribution in [3.63, 3.8) is 0 Å². The van der Waals surface area contributed by atoms with Crippen LogP contribution in [0.5, 0.6) is 0 Å². The van der Waals surface area contributed by atoms with E-state index in [2.05, 4.69) is 19.2 Å². The number of nitrogens with one attached hydrogen (secondary N) is 1. The van der Waals surface area contributed by atoms with Crippen molar-refractivity contribution in [3.8, 4) is 0 Å². The van der Waals surface area contributed by atoms with E-state index >= 15 is 0 Å². The number of aliphatic hydroxyl groups is 1. The summed E-state index contributed by atoms with van der Waals surface area (Å²) in [6, 6.07) is 6.72. The summed E-state index contributed by atoms with van der Waals surface area (Å²) in [5.74, 6) is 0.176. The smallest absolute Gasteiger partial charge is 0.129 e. The first-order valence-electron chi connectivity index (χ1n) is 7.29. The summed E-state index contributed by atoms with van der Waals surface area (Å²) in [6.45, 7) is 5.57. The molecule has 2 aliphatic rings. The number of fused-ring (bicyclic) bond motifs is 1. The highest BCUT2D eigenvalue weighted by atomic mass is 19.1. The molecule has 0 bridgehead atoms. The standard InChI is InChI=1S/C16H22FNO2/c1-16(2)14(11-7-8-20-15(11)16)18-9-13(19)10-5-3-4-6-12(10)17/h3-6,11,13-15,18-19H,7-9H2,1-2H3. The quantitative estimate of drug-likeness (QED) is 0.888. The summed E-state index contributed by atoms with van der Waals surface area (Å²) in [4.78, 5) is 0. The minimum atomic E-state index is -0.812. The van der Waals surface area contributed by atoms with E-state index in [-0.39, 0.29) is 11.2 Å². The van der Waals surface area contributed by atoms with Crippen LogP contribution in [0.1, 0.15) is 31.9 Å². The Balaban J connectivity index is 1.61. The van der Waals surface area contributed by atoms with Gasteiger partial charge in [-0.15, -0.1) is 0 Å². The molecule has 0 radical (unpaired) electrons. The Hall–Kier alpha value is -0.970. The molecular formula is C16H22FNO2. The molecule has 2 N–H and O–H groups in total. The molecular weight excluding hydrogens is 257 g/mol. The zero-order valence-corrected chi connectivity index (χ0v) is 12.0. The third kappa shape index (κ3) is 2.16. The van der Waals surface area contributed by atoms with E-state index in [1.54, 1.807) is 18.2 Å². The van der Waals surface area contributed by atoms with Gasteiger partial charge in [-0.1, -0.05) is 32.0 Å². The number of rotatable bonds is 4. The lowest BCUT2D eigenvalue weighted by molar-refractivity contribution is -0.114. The minimum Gasteiger partial charge on any atom is -0.387 e. The Bertz CT molecular complexity index is 491. The van der Waals surface area contributed by atoms with Gasteiger partial charge in [-0.25, -0.2) is 4.39 Å². The van der Waals surface area contributed by atoms with Crippen LogP contribution in [0.15, 0.2) is 24.3 Å². The van der Waals surface area contributed by atoms with Crippen molar-refractivity contribution < 1.29 is 14.2 Å². The number of benzene rings is 1. The topological polar surface area (TPSA) is 41.5 Å². The first kappa shape index (κ1) is 14.0. The van der Waals surface area contributed by atoms with Gasteiger partial charge in [0, 0.05) is 36.1 Å². The summed E-state index contributed by atoms with van der Waals surface area (Å²) in [5.41, 5.74) is 0.437. The maximum atomic E-state index is 13.6. The van der Waals surface area contributed by atoms with E-state index in [1.165, 1.54) is 6.07 Å². The molecule has 1 aromatic rings.